The lowest BCUT2D eigenvalue weighted by molar-refractivity contribution is -0.149. The summed E-state index contributed by atoms with van der Waals surface area (Å²) < 4.78 is 0. The Morgan fingerprint density at radius 2 is 2.21 bits per heavy atom. The van der Waals surface area contributed by atoms with Crippen LogP contribution in [0.2, 0.25) is 0 Å². The molecule has 1 N–H and O–H groups in total. The summed E-state index contributed by atoms with van der Waals surface area (Å²) in [4.78, 5) is 14.1. The highest BCUT2D eigenvalue weighted by molar-refractivity contribution is 6.30. The third kappa shape index (κ3) is 2.19. The van der Waals surface area contributed by atoms with Crippen LogP contribution in [0.3, 0.4) is 0 Å². The van der Waals surface area contributed by atoms with Gasteiger partial charge in [0.05, 0.1) is 0 Å². The number of nitrogens with zero attached hydrogens (tertiary/aromatic N) is 2. The van der Waals surface area contributed by atoms with Gasteiger partial charge in [-0.1, -0.05) is 25.4 Å². The maximum absolute atomic E-state index is 11.2. The molecule has 0 fully saturated rings. The molecular weight excluding hydrogens is 204 g/mol. The molecule has 0 radical (unpaired) electrons. The monoisotopic (exact) mass is 218 g/mol. The molecule has 14 heavy (non-hydrogen) atoms. The lowest BCUT2D eigenvalue weighted by atomic mass is 10.2. The average Bonchev–Trinajstić information content (AvgIpc) is 2.09. The number of hydrogen-bond donors (Lipinski definition) is 1. The van der Waals surface area contributed by atoms with E-state index in [1.165, 1.54) is 11.0 Å². The maximum Gasteiger partial charge on any atom is 0.252 e. The first-order valence-corrected chi connectivity index (χ1v) is 4.90. The molecule has 5 heteroatoms. The molecule has 0 bridgehead atoms. The fraction of sp³-hybridized carbons (Fsp3) is 0.667. The second-order valence-corrected chi connectivity index (χ2v) is 4.20. The molecule has 0 aromatic rings. The zero-order chi connectivity index (χ0) is 10.9. The van der Waals surface area contributed by atoms with Gasteiger partial charge in [0.25, 0.3) is 5.91 Å². The molecule has 4 nitrogen and oxygen atoms in total. The normalized spacial score (nSPS) is 23.1. The second-order valence-electron chi connectivity index (χ2n) is 3.81. The van der Waals surface area contributed by atoms with Crippen molar-refractivity contribution in [3.8, 4) is 0 Å². The molecule has 0 aromatic heterocycles. The van der Waals surface area contributed by atoms with Crippen molar-refractivity contribution in [2.45, 2.75) is 20.2 Å². The summed E-state index contributed by atoms with van der Waals surface area (Å²) >= 11 is 5.86. The maximum atomic E-state index is 11.2. The van der Waals surface area contributed by atoms with Crippen LogP contribution in [0.4, 0.5) is 0 Å². The standard InChI is InChI=1S/C9H15ClN2O2/c1-6(2)5-12-7(10)4-8(13)11(3)9(12)14/h4,6,9,14H,5H2,1-3H3. The van der Waals surface area contributed by atoms with Crippen molar-refractivity contribution in [2.24, 2.45) is 5.92 Å². The van der Waals surface area contributed by atoms with E-state index in [4.69, 9.17) is 11.6 Å². The summed E-state index contributed by atoms with van der Waals surface area (Å²) in [5, 5.41) is 10.0. The summed E-state index contributed by atoms with van der Waals surface area (Å²) in [6.07, 6.45) is 0.360. The highest BCUT2D eigenvalue weighted by Gasteiger charge is 2.29. The number of amides is 1. The van der Waals surface area contributed by atoms with Crippen LogP contribution in [0.1, 0.15) is 13.8 Å². The number of carbonyl (C=O) groups is 1. The molecule has 1 amide bonds. The molecule has 0 spiro atoms. The molecule has 1 rings (SSSR count). The minimum atomic E-state index is -0.956. The molecule has 0 saturated carbocycles. The smallest absolute Gasteiger partial charge is 0.252 e. The summed E-state index contributed by atoms with van der Waals surface area (Å²) in [5.74, 6) is 0.0934. The first kappa shape index (κ1) is 11.3. The first-order valence-electron chi connectivity index (χ1n) is 4.52. The number of halogens is 1. The molecule has 0 aromatic carbocycles. The van der Waals surface area contributed by atoms with E-state index in [2.05, 4.69) is 0 Å². The van der Waals surface area contributed by atoms with Gasteiger partial charge in [0.1, 0.15) is 5.16 Å². The van der Waals surface area contributed by atoms with Gasteiger partial charge in [-0.05, 0) is 5.92 Å². The minimum absolute atomic E-state index is 0.275. The highest BCUT2D eigenvalue weighted by Crippen LogP contribution is 2.21. The van der Waals surface area contributed by atoms with Gasteiger partial charge in [-0.3, -0.25) is 9.69 Å². The van der Waals surface area contributed by atoms with Crippen molar-refractivity contribution in [3.63, 3.8) is 0 Å². The van der Waals surface area contributed by atoms with E-state index in [-0.39, 0.29) is 5.91 Å². The zero-order valence-electron chi connectivity index (χ0n) is 8.57. The Balaban J connectivity index is 2.84. The van der Waals surface area contributed by atoms with Crippen molar-refractivity contribution in [1.29, 1.82) is 0 Å². The van der Waals surface area contributed by atoms with E-state index < -0.39 is 6.35 Å². The van der Waals surface area contributed by atoms with Crippen LogP contribution in [-0.2, 0) is 4.79 Å². The zero-order valence-corrected chi connectivity index (χ0v) is 9.32. The number of carbonyl (C=O) groups excluding carboxylic acids is 1. The van der Waals surface area contributed by atoms with Crippen molar-refractivity contribution in [1.82, 2.24) is 9.80 Å². The summed E-state index contributed by atoms with van der Waals surface area (Å²) in [5.41, 5.74) is 0. The van der Waals surface area contributed by atoms with Gasteiger partial charge in [-0.25, -0.2) is 0 Å². The first-order chi connectivity index (χ1) is 6.43. The Hall–Kier alpha value is -0.740. The molecule has 0 saturated heterocycles. The molecule has 1 atom stereocenters. The second kappa shape index (κ2) is 4.19. The van der Waals surface area contributed by atoms with E-state index >= 15 is 0 Å². The topological polar surface area (TPSA) is 43.8 Å². The molecular formula is C9H15ClN2O2. The van der Waals surface area contributed by atoms with E-state index in [9.17, 15) is 9.90 Å². The Bertz CT molecular complexity index is 266. The van der Waals surface area contributed by atoms with Gasteiger partial charge >= 0.3 is 0 Å². The van der Waals surface area contributed by atoms with Gasteiger partial charge < -0.3 is 10.0 Å². The molecule has 1 heterocycles. The number of hydrogen-bond acceptors (Lipinski definition) is 3. The van der Waals surface area contributed by atoms with E-state index in [0.29, 0.717) is 17.6 Å². The third-order valence-corrected chi connectivity index (χ3v) is 2.38. The van der Waals surface area contributed by atoms with Gasteiger partial charge in [-0.15, -0.1) is 0 Å². The fourth-order valence-corrected chi connectivity index (χ4v) is 1.54. The Labute approximate surface area is 88.7 Å². The van der Waals surface area contributed by atoms with Crippen molar-refractivity contribution >= 4 is 17.5 Å². The lowest BCUT2D eigenvalue weighted by Gasteiger charge is -2.38. The molecule has 1 unspecified atom stereocenters. The Kier molecular flexibility index (Phi) is 3.39. The number of likely N-dealkylation sites (N-methyl/N-ethyl adjacent to an activating group) is 1. The van der Waals surface area contributed by atoms with Crippen molar-refractivity contribution in [3.05, 3.63) is 11.2 Å². The summed E-state index contributed by atoms with van der Waals surface area (Å²) in [6.45, 7) is 4.66. The molecule has 0 aliphatic carbocycles. The largest absolute Gasteiger partial charge is 0.356 e. The van der Waals surface area contributed by atoms with Crippen LogP contribution in [0.5, 0.6) is 0 Å². The molecule has 1 aliphatic rings. The van der Waals surface area contributed by atoms with E-state index in [1.807, 2.05) is 13.8 Å². The van der Waals surface area contributed by atoms with Crippen LogP contribution < -0.4 is 0 Å². The van der Waals surface area contributed by atoms with E-state index in [1.54, 1.807) is 11.9 Å². The number of aliphatic hydroxyl groups excluding tert-OH is 1. The van der Waals surface area contributed by atoms with Crippen LogP contribution in [0, 0.1) is 5.92 Å². The van der Waals surface area contributed by atoms with Gasteiger partial charge in [0.15, 0.2) is 0 Å². The molecule has 80 valence electrons. The van der Waals surface area contributed by atoms with E-state index in [0.717, 1.165) is 0 Å². The van der Waals surface area contributed by atoms with Crippen LogP contribution in [-0.4, -0.2) is 40.8 Å². The van der Waals surface area contributed by atoms with Gasteiger partial charge in [0, 0.05) is 19.7 Å². The van der Waals surface area contributed by atoms with Crippen LogP contribution >= 0.6 is 11.6 Å². The summed E-state index contributed by atoms with van der Waals surface area (Å²) in [7, 11) is 1.54. The highest BCUT2D eigenvalue weighted by atomic mass is 35.5. The fourth-order valence-electron chi connectivity index (χ4n) is 1.29. The van der Waals surface area contributed by atoms with Crippen molar-refractivity contribution in [2.75, 3.05) is 13.6 Å². The quantitative estimate of drug-likeness (QED) is 0.697. The lowest BCUT2D eigenvalue weighted by Crippen LogP contribution is -2.51. The SMILES string of the molecule is CC(C)CN1C(Cl)=CC(=O)N(C)C1O. The average molecular weight is 219 g/mol. The van der Waals surface area contributed by atoms with Crippen LogP contribution in [0.15, 0.2) is 11.2 Å². The predicted molar refractivity (Wildman–Crippen MR) is 54.3 cm³/mol. The molecule has 1 aliphatic heterocycles. The predicted octanol–water partition coefficient (Wildman–Crippen LogP) is 0.772. The number of rotatable bonds is 2. The van der Waals surface area contributed by atoms with Crippen LogP contribution in [0.25, 0.3) is 0 Å². The number of aliphatic hydroxyl groups is 1. The van der Waals surface area contributed by atoms with Crippen molar-refractivity contribution < 1.29 is 9.90 Å². The minimum Gasteiger partial charge on any atom is -0.356 e. The summed E-state index contributed by atoms with van der Waals surface area (Å²) in [6, 6.07) is 0. The Morgan fingerprint density at radius 1 is 1.64 bits per heavy atom. The Morgan fingerprint density at radius 3 is 2.71 bits per heavy atom. The third-order valence-electron chi connectivity index (χ3n) is 2.05. The van der Waals surface area contributed by atoms with Gasteiger partial charge in [0.2, 0.25) is 6.35 Å². The van der Waals surface area contributed by atoms with Gasteiger partial charge in [-0.2, -0.15) is 0 Å².